The molecule has 0 aromatic carbocycles. The second-order valence-corrected chi connectivity index (χ2v) is 7.08. The van der Waals surface area contributed by atoms with Crippen molar-refractivity contribution >= 4 is 6.03 Å². The zero-order valence-corrected chi connectivity index (χ0v) is 13.4. The van der Waals surface area contributed by atoms with Gasteiger partial charge in [-0.3, -0.25) is 4.90 Å². The van der Waals surface area contributed by atoms with Crippen LogP contribution in [-0.2, 0) is 9.47 Å². The maximum Gasteiger partial charge on any atom is 0.320 e. The third kappa shape index (κ3) is 2.40. The van der Waals surface area contributed by atoms with Crippen molar-refractivity contribution in [3.63, 3.8) is 0 Å². The summed E-state index contributed by atoms with van der Waals surface area (Å²) in [6.45, 7) is 9.24. The second-order valence-electron chi connectivity index (χ2n) is 7.08. The molecule has 4 rings (SSSR count). The topological polar surface area (TPSA) is 48.5 Å². The van der Waals surface area contributed by atoms with Crippen LogP contribution in [0.25, 0.3) is 0 Å². The Hall–Kier alpha value is -0.890. The van der Waals surface area contributed by atoms with Gasteiger partial charge >= 0.3 is 6.03 Å². The fourth-order valence-corrected chi connectivity index (χ4v) is 4.48. The fraction of sp³-hybridized carbons (Fsp3) is 0.933. The van der Waals surface area contributed by atoms with Crippen LogP contribution in [0.3, 0.4) is 0 Å². The lowest BCUT2D eigenvalue weighted by atomic mass is 9.83. The number of nitrogens with zero attached hydrogens (tertiary/aromatic N) is 4. The van der Waals surface area contributed by atoms with Crippen molar-refractivity contribution in [3.8, 4) is 0 Å². The van der Waals surface area contributed by atoms with Crippen molar-refractivity contribution in [3.05, 3.63) is 0 Å². The Kier molecular flexibility index (Phi) is 3.76. The molecule has 7 nitrogen and oxygen atoms in total. The highest BCUT2D eigenvalue weighted by molar-refractivity contribution is 5.76. The normalized spacial score (nSPS) is 32.7. The number of amides is 2. The summed E-state index contributed by atoms with van der Waals surface area (Å²) in [7, 11) is 2.18. The summed E-state index contributed by atoms with van der Waals surface area (Å²) in [5.41, 5.74) is 0.142. The highest BCUT2D eigenvalue weighted by atomic mass is 16.5. The molecular weight excluding hydrogens is 284 g/mol. The van der Waals surface area contributed by atoms with Gasteiger partial charge in [0, 0.05) is 51.9 Å². The minimum atomic E-state index is 0.142. The lowest BCUT2D eigenvalue weighted by molar-refractivity contribution is -0.153. The molecule has 0 saturated carbocycles. The van der Waals surface area contributed by atoms with Crippen LogP contribution in [0.1, 0.15) is 0 Å². The largest absolute Gasteiger partial charge is 0.378 e. The Morgan fingerprint density at radius 1 is 1.00 bits per heavy atom. The third-order valence-electron chi connectivity index (χ3n) is 5.45. The molecular formula is C15H26N4O3. The van der Waals surface area contributed by atoms with Gasteiger partial charge in [-0.05, 0) is 7.05 Å². The van der Waals surface area contributed by atoms with E-state index >= 15 is 0 Å². The molecule has 4 aliphatic rings. The van der Waals surface area contributed by atoms with Gasteiger partial charge in [0.15, 0.2) is 0 Å². The number of morpholine rings is 2. The first-order chi connectivity index (χ1) is 10.7. The SMILES string of the molecule is CN1C[C@@H]2COCCN2C2(C1)CN(C(=O)N1CCOCC1)C2. The van der Waals surface area contributed by atoms with E-state index in [0.29, 0.717) is 19.3 Å². The molecule has 4 aliphatic heterocycles. The monoisotopic (exact) mass is 310 g/mol. The fourth-order valence-electron chi connectivity index (χ4n) is 4.48. The molecule has 124 valence electrons. The van der Waals surface area contributed by atoms with E-state index in [2.05, 4.69) is 16.8 Å². The van der Waals surface area contributed by atoms with Crippen molar-refractivity contribution in [1.82, 2.24) is 19.6 Å². The van der Waals surface area contributed by atoms with Gasteiger partial charge in [0.1, 0.15) is 0 Å². The van der Waals surface area contributed by atoms with Gasteiger partial charge in [-0.25, -0.2) is 4.79 Å². The minimum Gasteiger partial charge on any atom is -0.378 e. The van der Waals surface area contributed by atoms with Crippen LogP contribution in [0.15, 0.2) is 0 Å². The lowest BCUT2D eigenvalue weighted by Crippen LogP contribution is -2.81. The van der Waals surface area contributed by atoms with Crippen LogP contribution >= 0.6 is 0 Å². The van der Waals surface area contributed by atoms with E-state index in [1.807, 2.05) is 9.80 Å². The van der Waals surface area contributed by atoms with Gasteiger partial charge in [-0.2, -0.15) is 0 Å². The first-order valence-electron chi connectivity index (χ1n) is 8.33. The Balaban J connectivity index is 1.42. The first kappa shape index (κ1) is 14.7. The average Bonchev–Trinajstić information content (AvgIpc) is 2.52. The van der Waals surface area contributed by atoms with Gasteiger partial charge in [-0.1, -0.05) is 0 Å². The molecule has 0 aromatic rings. The molecule has 0 N–H and O–H groups in total. The van der Waals surface area contributed by atoms with Crippen molar-refractivity contribution in [1.29, 1.82) is 0 Å². The summed E-state index contributed by atoms with van der Waals surface area (Å²) < 4.78 is 11.0. The maximum atomic E-state index is 12.6. The molecule has 0 aromatic heterocycles. The van der Waals surface area contributed by atoms with E-state index in [1.54, 1.807) is 0 Å². The highest BCUT2D eigenvalue weighted by Gasteiger charge is 2.55. The molecule has 22 heavy (non-hydrogen) atoms. The van der Waals surface area contributed by atoms with Gasteiger partial charge in [0.25, 0.3) is 0 Å². The number of rotatable bonds is 0. The van der Waals surface area contributed by atoms with E-state index in [-0.39, 0.29) is 11.6 Å². The lowest BCUT2D eigenvalue weighted by Gasteiger charge is -2.63. The zero-order valence-electron chi connectivity index (χ0n) is 13.4. The highest BCUT2D eigenvalue weighted by Crippen LogP contribution is 2.35. The van der Waals surface area contributed by atoms with Gasteiger partial charge < -0.3 is 24.2 Å². The summed E-state index contributed by atoms with van der Waals surface area (Å²) >= 11 is 0. The number of likely N-dealkylation sites (N-methyl/N-ethyl adjacent to an activating group) is 1. The number of urea groups is 1. The van der Waals surface area contributed by atoms with E-state index in [9.17, 15) is 4.79 Å². The van der Waals surface area contributed by atoms with Crippen LogP contribution in [0.5, 0.6) is 0 Å². The van der Waals surface area contributed by atoms with E-state index in [4.69, 9.17) is 9.47 Å². The summed E-state index contributed by atoms with van der Waals surface area (Å²) in [5, 5.41) is 0. The zero-order chi connectivity index (χ0) is 15.2. The van der Waals surface area contributed by atoms with Crippen molar-refractivity contribution in [2.75, 3.05) is 79.3 Å². The Labute approximate surface area is 131 Å². The molecule has 4 saturated heterocycles. The number of hydrogen-bond acceptors (Lipinski definition) is 5. The Morgan fingerprint density at radius 3 is 2.50 bits per heavy atom. The van der Waals surface area contributed by atoms with Crippen LogP contribution in [0, 0.1) is 0 Å². The van der Waals surface area contributed by atoms with E-state index in [0.717, 1.165) is 59.0 Å². The molecule has 2 amide bonds. The molecule has 0 aliphatic carbocycles. The van der Waals surface area contributed by atoms with Gasteiger partial charge in [0.05, 0.1) is 32.0 Å². The molecule has 0 radical (unpaired) electrons. The van der Waals surface area contributed by atoms with Crippen LogP contribution in [-0.4, -0.2) is 117 Å². The molecule has 0 bridgehead atoms. The number of fused-ring (bicyclic) bond motifs is 2. The van der Waals surface area contributed by atoms with Crippen molar-refractivity contribution in [2.45, 2.75) is 11.6 Å². The van der Waals surface area contributed by atoms with Crippen molar-refractivity contribution in [2.24, 2.45) is 0 Å². The Bertz CT molecular complexity index is 435. The number of likely N-dealkylation sites (tertiary alicyclic amines) is 1. The first-order valence-corrected chi connectivity index (χ1v) is 8.33. The number of carbonyl (C=O) groups is 1. The molecule has 1 spiro atoms. The smallest absolute Gasteiger partial charge is 0.320 e. The quantitative estimate of drug-likeness (QED) is 0.583. The Morgan fingerprint density at radius 2 is 1.73 bits per heavy atom. The molecule has 1 atom stereocenters. The van der Waals surface area contributed by atoms with Crippen LogP contribution in [0.2, 0.25) is 0 Å². The van der Waals surface area contributed by atoms with Crippen LogP contribution < -0.4 is 0 Å². The van der Waals surface area contributed by atoms with Crippen molar-refractivity contribution < 1.29 is 14.3 Å². The van der Waals surface area contributed by atoms with Gasteiger partial charge in [-0.15, -0.1) is 0 Å². The molecule has 4 heterocycles. The van der Waals surface area contributed by atoms with E-state index < -0.39 is 0 Å². The molecule has 4 fully saturated rings. The summed E-state index contributed by atoms with van der Waals surface area (Å²) in [4.78, 5) is 21.5. The number of ether oxygens (including phenoxy) is 2. The minimum absolute atomic E-state index is 0.142. The van der Waals surface area contributed by atoms with Crippen LogP contribution in [0.4, 0.5) is 4.79 Å². The predicted molar refractivity (Wildman–Crippen MR) is 80.9 cm³/mol. The average molecular weight is 310 g/mol. The maximum absolute atomic E-state index is 12.6. The number of carbonyl (C=O) groups excluding carboxylic acids is 1. The number of piperazine rings is 1. The predicted octanol–water partition coefficient (Wildman–Crippen LogP) is -0.861. The third-order valence-corrected chi connectivity index (χ3v) is 5.45. The summed E-state index contributed by atoms with van der Waals surface area (Å²) in [6, 6.07) is 0.667. The van der Waals surface area contributed by atoms with Gasteiger partial charge in [0.2, 0.25) is 0 Å². The number of hydrogen-bond donors (Lipinski definition) is 0. The summed E-state index contributed by atoms with van der Waals surface area (Å²) in [6.07, 6.45) is 0. The second kappa shape index (κ2) is 5.63. The summed E-state index contributed by atoms with van der Waals surface area (Å²) in [5.74, 6) is 0. The standard InChI is InChI=1S/C15H26N4O3/c1-16-8-13-9-22-7-4-19(13)15(10-16)11-18(12-15)14(20)17-2-5-21-6-3-17/h13H,2-12H2,1H3/t13-/m1/s1. The van der Waals surface area contributed by atoms with E-state index in [1.165, 1.54) is 0 Å². The molecule has 0 unspecified atom stereocenters. The molecule has 7 heteroatoms.